The van der Waals surface area contributed by atoms with Gasteiger partial charge in [-0.2, -0.15) is 0 Å². The first-order valence-corrected chi connectivity index (χ1v) is 4.17. The van der Waals surface area contributed by atoms with Crippen LogP contribution in [0.3, 0.4) is 0 Å². The van der Waals surface area contributed by atoms with E-state index in [9.17, 15) is 9.90 Å². The van der Waals surface area contributed by atoms with Gasteiger partial charge in [0.1, 0.15) is 5.75 Å². The maximum absolute atomic E-state index is 11.3. The summed E-state index contributed by atoms with van der Waals surface area (Å²) in [5.74, 6) is -0.133. The summed E-state index contributed by atoms with van der Waals surface area (Å²) in [6, 6.07) is 6.08. The van der Waals surface area contributed by atoms with Gasteiger partial charge in [0.15, 0.2) is 6.23 Å². The van der Waals surface area contributed by atoms with Crippen LogP contribution in [0.2, 0.25) is 0 Å². The number of carbonyl (C=O) groups excluding carboxylic acids is 1. The van der Waals surface area contributed by atoms with E-state index in [0.717, 1.165) is 0 Å². The molecule has 0 bridgehead atoms. The number of aromatic hydroxyl groups is 1. The molecule has 1 atom stereocenters. The summed E-state index contributed by atoms with van der Waals surface area (Å²) in [6.45, 7) is 0. The van der Waals surface area contributed by atoms with Crippen molar-refractivity contribution in [3.8, 4) is 5.75 Å². The van der Waals surface area contributed by atoms with Gasteiger partial charge in [0.2, 0.25) is 0 Å². The summed E-state index contributed by atoms with van der Waals surface area (Å²) >= 11 is 0. The average Bonchev–Trinajstić information content (AvgIpc) is 2.49. The molecule has 0 radical (unpaired) electrons. The lowest BCUT2D eigenvalue weighted by Gasteiger charge is -2.20. The number of anilines is 1. The molecule has 1 heterocycles. The third kappa shape index (κ3) is 1.36. The molecule has 1 aromatic carbocycles. The molecule has 1 aromatic rings. The van der Waals surface area contributed by atoms with Gasteiger partial charge in [0.05, 0.1) is 0 Å². The smallest absolute Gasteiger partial charge is 0.253 e. The molecule has 2 N–H and O–H groups in total. The van der Waals surface area contributed by atoms with Crippen LogP contribution in [0.5, 0.6) is 5.75 Å². The number of aliphatic hydroxyl groups excluding tert-OH is 1. The van der Waals surface area contributed by atoms with Gasteiger partial charge in [-0.1, -0.05) is 0 Å². The second-order valence-corrected chi connectivity index (χ2v) is 3.00. The molecule has 0 aromatic heterocycles. The molecular formula is C10H9NO3. The molecule has 72 valence electrons. The molecule has 14 heavy (non-hydrogen) atoms. The number of nitrogens with zero attached hydrogens (tertiary/aromatic N) is 1. The van der Waals surface area contributed by atoms with E-state index < -0.39 is 6.23 Å². The number of benzene rings is 1. The molecule has 4 nitrogen and oxygen atoms in total. The van der Waals surface area contributed by atoms with Crippen molar-refractivity contribution in [2.24, 2.45) is 0 Å². The first-order chi connectivity index (χ1) is 6.68. The van der Waals surface area contributed by atoms with E-state index in [1.54, 1.807) is 12.1 Å². The fourth-order valence-corrected chi connectivity index (χ4v) is 1.36. The molecule has 1 aliphatic rings. The minimum Gasteiger partial charge on any atom is -0.508 e. The van der Waals surface area contributed by atoms with Crippen LogP contribution in [-0.2, 0) is 4.79 Å². The Balaban J connectivity index is 2.31. The zero-order valence-electron chi connectivity index (χ0n) is 7.29. The van der Waals surface area contributed by atoms with E-state index in [2.05, 4.69) is 0 Å². The number of phenols is 1. The normalized spacial score (nSPS) is 20.5. The largest absolute Gasteiger partial charge is 0.508 e. The Morgan fingerprint density at radius 3 is 2.36 bits per heavy atom. The highest BCUT2D eigenvalue weighted by molar-refractivity contribution is 6.04. The fourth-order valence-electron chi connectivity index (χ4n) is 1.36. The molecule has 4 heteroatoms. The quantitative estimate of drug-likeness (QED) is 0.683. The summed E-state index contributed by atoms with van der Waals surface area (Å²) < 4.78 is 0. The molecule has 2 rings (SSSR count). The van der Waals surface area contributed by atoms with Crippen molar-refractivity contribution < 1.29 is 15.0 Å². The lowest BCUT2D eigenvalue weighted by molar-refractivity contribution is -0.114. The summed E-state index contributed by atoms with van der Waals surface area (Å²) in [7, 11) is 0. The van der Waals surface area contributed by atoms with Crippen LogP contribution in [0.25, 0.3) is 0 Å². The molecule has 0 aliphatic carbocycles. The number of aliphatic hydroxyl groups is 1. The number of phenolic OH excluding ortho intramolecular Hbond substituents is 1. The predicted molar refractivity (Wildman–Crippen MR) is 50.7 cm³/mol. The lowest BCUT2D eigenvalue weighted by atomic mass is 10.3. The van der Waals surface area contributed by atoms with Crippen molar-refractivity contribution in [3.05, 3.63) is 36.4 Å². The van der Waals surface area contributed by atoms with Crippen LogP contribution in [0.15, 0.2) is 36.4 Å². The lowest BCUT2D eigenvalue weighted by Crippen LogP contribution is -2.33. The maximum Gasteiger partial charge on any atom is 0.253 e. The van der Waals surface area contributed by atoms with Gasteiger partial charge in [-0.25, -0.2) is 0 Å². The van der Waals surface area contributed by atoms with E-state index in [1.807, 2.05) is 0 Å². The van der Waals surface area contributed by atoms with Crippen molar-refractivity contribution in [2.45, 2.75) is 6.23 Å². The SMILES string of the molecule is O=C1C=CC(O)N1c1ccc(O)cc1. The second kappa shape index (κ2) is 3.16. The Hall–Kier alpha value is -1.81. The maximum atomic E-state index is 11.3. The van der Waals surface area contributed by atoms with Gasteiger partial charge in [-0.3, -0.25) is 9.69 Å². The Labute approximate surface area is 80.7 Å². The molecule has 1 amide bonds. The van der Waals surface area contributed by atoms with Gasteiger partial charge in [-0.05, 0) is 30.3 Å². The first-order valence-electron chi connectivity index (χ1n) is 4.17. The monoisotopic (exact) mass is 191 g/mol. The third-order valence-electron chi connectivity index (χ3n) is 2.04. The summed E-state index contributed by atoms with van der Waals surface area (Å²) in [5.41, 5.74) is 0.560. The zero-order valence-corrected chi connectivity index (χ0v) is 7.29. The Morgan fingerprint density at radius 2 is 1.86 bits per heavy atom. The van der Waals surface area contributed by atoms with Crippen LogP contribution in [0.4, 0.5) is 5.69 Å². The van der Waals surface area contributed by atoms with Crippen molar-refractivity contribution in [1.29, 1.82) is 0 Å². The molecule has 0 fully saturated rings. The van der Waals surface area contributed by atoms with E-state index in [-0.39, 0.29) is 11.7 Å². The standard InChI is InChI=1S/C10H9NO3/c12-8-3-1-7(2-4-8)11-9(13)5-6-10(11)14/h1-6,9,12-13H. The van der Waals surface area contributed by atoms with Crippen molar-refractivity contribution in [3.63, 3.8) is 0 Å². The van der Waals surface area contributed by atoms with E-state index in [4.69, 9.17) is 5.11 Å². The highest BCUT2D eigenvalue weighted by Gasteiger charge is 2.24. The topological polar surface area (TPSA) is 60.8 Å². The van der Waals surface area contributed by atoms with Crippen LogP contribution >= 0.6 is 0 Å². The number of amides is 1. The van der Waals surface area contributed by atoms with Crippen LogP contribution in [0.1, 0.15) is 0 Å². The Morgan fingerprint density at radius 1 is 1.21 bits per heavy atom. The van der Waals surface area contributed by atoms with Gasteiger partial charge in [-0.15, -0.1) is 0 Å². The Kier molecular flexibility index (Phi) is 1.98. The predicted octanol–water partition coefficient (Wildman–Crippen LogP) is 0.613. The summed E-state index contributed by atoms with van der Waals surface area (Å²) in [4.78, 5) is 12.5. The van der Waals surface area contributed by atoms with Crippen molar-refractivity contribution in [1.82, 2.24) is 0 Å². The zero-order chi connectivity index (χ0) is 10.1. The van der Waals surface area contributed by atoms with E-state index in [0.29, 0.717) is 5.69 Å². The third-order valence-corrected chi connectivity index (χ3v) is 2.04. The van der Waals surface area contributed by atoms with Crippen molar-refractivity contribution in [2.75, 3.05) is 4.90 Å². The van der Waals surface area contributed by atoms with Crippen LogP contribution < -0.4 is 4.90 Å². The van der Waals surface area contributed by atoms with Gasteiger partial charge >= 0.3 is 0 Å². The van der Waals surface area contributed by atoms with Gasteiger partial charge in [0.25, 0.3) is 5.91 Å². The second-order valence-electron chi connectivity index (χ2n) is 3.00. The minimum absolute atomic E-state index is 0.128. The number of hydrogen-bond acceptors (Lipinski definition) is 3. The van der Waals surface area contributed by atoms with Crippen LogP contribution in [-0.4, -0.2) is 22.3 Å². The van der Waals surface area contributed by atoms with Gasteiger partial charge < -0.3 is 10.2 Å². The molecule has 0 saturated carbocycles. The van der Waals surface area contributed by atoms with Gasteiger partial charge in [0, 0.05) is 11.8 Å². The molecule has 1 aliphatic heterocycles. The summed E-state index contributed by atoms with van der Waals surface area (Å²) in [6.07, 6.45) is 1.82. The highest BCUT2D eigenvalue weighted by atomic mass is 16.3. The van der Waals surface area contributed by atoms with Crippen LogP contribution in [0, 0.1) is 0 Å². The van der Waals surface area contributed by atoms with E-state index in [1.165, 1.54) is 29.2 Å². The average molecular weight is 191 g/mol. The Bertz CT molecular complexity index is 383. The highest BCUT2D eigenvalue weighted by Crippen LogP contribution is 2.23. The molecule has 1 unspecified atom stereocenters. The van der Waals surface area contributed by atoms with E-state index >= 15 is 0 Å². The number of hydrogen-bond donors (Lipinski definition) is 2. The van der Waals surface area contributed by atoms with Crippen molar-refractivity contribution >= 4 is 11.6 Å². The minimum atomic E-state index is -0.910. The molecule has 0 spiro atoms. The number of rotatable bonds is 1. The summed E-state index contributed by atoms with van der Waals surface area (Å²) in [5, 5.41) is 18.5. The molecule has 0 saturated heterocycles. The molecular weight excluding hydrogens is 182 g/mol. The first kappa shape index (κ1) is 8.77. The number of carbonyl (C=O) groups is 1. The fraction of sp³-hybridized carbons (Fsp3) is 0.100.